The summed E-state index contributed by atoms with van der Waals surface area (Å²) in [5, 5.41) is 3.63. The van der Waals surface area contributed by atoms with Crippen LogP contribution in [0.5, 0.6) is 0 Å². The lowest BCUT2D eigenvalue weighted by molar-refractivity contribution is 0.111. The van der Waals surface area contributed by atoms with Gasteiger partial charge in [-0.1, -0.05) is 0 Å². The van der Waals surface area contributed by atoms with E-state index in [4.69, 9.17) is 4.74 Å². The number of ether oxygens (including phenoxy) is 1. The summed E-state index contributed by atoms with van der Waals surface area (Å²) in [5.74, 6) is 2.65. The molecule has 0 bridgehead atoms. The maximum absolute atomic E-state index is 5.37. The van der Waals surface area contributed by atoms with Crippen LogP contribution in [0, 0.1) is 0 Å². The molecule has 0 aliphatic carbocycles. The number of halogens is 1. The first-order valence-corrected chi connectivity index (χ1v) is 5.86. The van der Waals surface area contributed by atoms with Crippen LogP contribution in [-0.2, 0) is 4.74 Å². The lowest BCUT2D eigenvalue weighted by Gasteiger charge is -2.33. The first-order chi connectivity index (χ1) is 5.85. The second-order valence-corrected chi connectivity index (χ2v) is 5.06. The zero-order chi connectivity index (χ0) is 8.44. The van der Waals surface area contributed by atoms with Crippen LogP contribution < -0.4 is 5.32 Å². The number of nitrogens with one attached hydrogen (secondary N) is 1. The van der Waals surface area contributed by atoms with Crippen LogP contribution in [0.4, 0.5) is 0 Å². The largest absolute Gasteiger partial charge is 0.380 e. The van der Waals surface area contributed by atoms with E-state index in [9.17, 15) is 0 Å². The van der Waals surface area contributed by atoms with E-state index in [2.05, 4.69) is 17.1 Å². The van der Waals surface area contributed by atoms with Gasteiger partial charge in [-0.05, 0) is 30.8 Å². The summed E-state index contributed by atoms with van der Waals surface area (Å²) in [6.45, 7) is 1.06. The minimum Gasteiger partial charge on any atom is -0.380 e. The standard InChI is InChI=1S/C9H17NOS.ClH/c1-11-8-6-9(10-7-8)2-4-12-5-3-9;/h8,10H,2-7H2,1H3;1H. The second kappa shape index (κ2) is 4.87. The normalized spacial score (nSPS) is 31.6. The van der Waals surface area contributed by atoms with E-state index in [1.165, 1.54) is 30.8 Å². The van der Waals surface area contributed by atoms with Crippen LogP contribution in [0.15, 0.2) is 0 Å². The molecule has 0 amide bonds. The fourth-order valence-corrected chi connectivity index (χ4v) is 3.49. The lowest BCUT2D eigenvalue weighted by atomic mass is 9.90. The van der Waals surface area contributed by atoms with Crippen LogP contribution in [0.25, 0.3) is 0 Å². The number of rotatable bonds is 1. The fourth-order valence-electron chi connectivity index (χ4n) is 2.22. The molecule has 0 radical (unpaired) electrons. The molecule has 1 unspecified atom stereocenters. The molecule has 0 aromatic carbocycles. The van der Waals surface area contributed by atoms with Crippen molar-refractivity contribution in [3.05, 3.63) is 0 Å². The highest BCUT2D eigenvalue weighted by Crippen LogP contribution is 2.34. The summed E-state index contributed by atoms with van der Waals surface area (Å²) in [6, 6.07) is 0. The lowest BCUT2D eigenvalue weighted by Crippen LogP contribution is -2.42. The van der Waals surface area contributed by atoms with Gasteiger partial charge in [0.1, 0.15) is 0 Å². The second-order valence-electron chi connectivity index (χ2n) is 3.84. The van der Waals surface area contributed by atoms with E-state index in [1.54, 1.807) is 0 Å². The molecule has 1 spiro atoms. The zero-order valence-electron chi connectivity index (χ0n) is 8.04. The Labute approximate surface area is 90.6 Å². The van der Waals surface area contributed by atoms with Gasteiger partial charge in [0.15, 0.2) is 0 Å². The Morgan fingerprint density at radius 2 is 2.08 bits per heavy atom. The summed E-state index contributed by atoms with van der Waals surface area (Å²) >= 11 is 2.08. The van der Waals surface area contributed by atoms with Crippen molar-refractivity contribution in [3.8, 4) is 0 Å². The van der Waals surface area contributed by atoms with Crippen molar-refractivity contribution in [1.29, 1.82) is 0 Å². The third kappa shape index (κ3) is 2.52. The van der Waals surface area contributed by atoms with Gasteiger partial charge in [0.05, 0.1) is 6.10 Å². The molecule has 1 N–H and O–H groups in total. The van der Waals surface area contributed by atoms with Crippen molar-refractivity contribution < 1.29 is 4.74 Å². The van der Waals surface area contributed by atoms with Crippen LogP contribution in [0.1, 0.15) is 19.3 Å². The average Bonchev–Trinajstić information content (AvgIpc) is 2.50. The first-order valence-electron chi connectivity index (χ1n) is 4.70. The molecule has 13 heavy (non-hydrogen) atoms. The van der Waals surface area contributed by atoms with Gasteiger partial charge in [-0.15, -0.1) is 12.4 Å². The predicted octanol–water partition coefficient (Wildman–Crippen LogP) is 1.68. The van der Waals surface area contributed by atoms with E-state index in [-0.39, 0.29) is 12.4 Å². The van der Waals surface area contributed by atoms with Gasteiger partial charge in [-0.3, -0.25) is 0 Å². The van der Waals surface area contributed by atoms with Crippen LogP contribution in [-0.4, -0.2) is 36.8 Å². The van der Waals surface area contributed by atoms with Crippen molar-refractivity contribution in [3.63, 3.8) is 0 Å². The smallest absolute Gasteiger partial charge is 0.0713 e. The summed E-state index contributed by atoms with van der Waals surface area (Å²) in [5.41, 5.74) is 0.450. The van der Waals surface area contributed by atoms with Gasteiger partial charge in [0.25, 0.3) is 0 Å². The van der Waals surface area contributed by atoms with Gasteiger partial charge >= 0.3 is 0 Å². The third-order valence-electron chi connectivity index (χ3n) is 3.11. The molecule has 0 aromatic heterocycles. The maximum atomic E-state index is 5.37. The Bertz CT molecular complexity index is 162. The molecule has 0 aromatic rings. The van der Waals surface area contributed by atoms with Gasteiger partial charge in [0.2, 0.25) is 0 Å². The first kappa shape index (κ1) is 11.6. The summed E-state index contributed by atoms with van der Waals surface area (Å²) in [6.07, 6.45) is 4.35. The Morgan fingerprint density at radius 3 is 2.62 bits per heavy atom. The Morgan fingerprint density at radius 1 is 1.38 bits per heavy atom. The van der Waals surface area contributed by atoms with Crippen molar-refractivity contribution in [2.45, 2.75) is 30.9 Å². The summed E-state index contributed by atoms with van der Waals surface area (Å²) in [4.78, 5) is 0. The van der Waals surface area contributed by atoms with E-state index >= 15 is 0 Å². The number of methoxy groups -OCH3 is 1. The number of thioether (sulfide) groups is 1. The highest BCUT2D eigenvalue weighted by atomic mass is 35.5. The van der Waals surface area contributed by atoms with Crippen molar-refractivity contribution in [2.75, 3.05) is 25.2 Å². The van der Waals surface area contributed by atoms with Crippen LogP contribution in [0.2, 0.25) is 0 Å². The molecular weight excluding hydrogens is 206 g/mol. The number of hydrogen-bond donors (Lipinski definition) is 1. The molecule has 0 saturated carbocycles. The molecule has 2 heterocycles. The van der Waals surface area contributed by atoms with Crippen LogP contribution in [0.3, 0.4) is 0 Å². The minimum absolute atomic E-state index is 0. The van der Waals surface area contributed by atoms with Gasteiger partial charge in [0, 0.05) is 19.2 Å². The molecule has 78 valence electrons. The molecule has 2 aliphatic rings. The molecule has 1 atom stereocenters. The van der Waals surface area contributed by atoms with Crippen LogP contribution >= 0.6 is 24.2 Å². The van der Waals surface area contributed by atoms with Crippen molar-refractivity contribution >= 4 is 24.2 Å². The molecule has 4 heteroatoms. The molecule has 2 saturated heterocycles. The SMILES string of the molecule is COC1CNC2(CCSCC2)C1.Cl. The van der Waals surface area contributed by atoms with E-state index in [1.807, 2.05) is 7.11 Å². The van der Waals surface area contributed by atoms with E-state index in [0.29, 0.717) is 11.6 Å². The third-order valence-corrected chi connectivity index (χ3v) is 4.09. The number of hydrogen-bond acceptors (Lipinski definition) is 3. The van der Waals surface area contributed by atoms with Crippen molar-refractivity contribution in [1.82, 2.24) is 5.32 Å². The molecular formula is C9H18ClNOS. The molecule has 2 nitrogen and oxygen atoms in total. The quantitative estimate of drug-likeness (QED) is 0.731. The molecule has 2 fully saturated rings. The van der Waals surface area contributed by atoms with Gasteiger partial charge in [-0.2, -0.15) is 11.8 Å². The van der Waals surface area contributed by atoms with Gasteiger partial charge in [-0.25, -0.2) is 0 Å². The van der Waals surface area contributed by atoms with E-state index < -0.39 is 0 Å². The Balaban J connectivity index is 0.000000845. The average molecular weight is 224 g/mol. The highest BCUT2D eigenvalue weighted by molar-refractivity contribution is 7.99. The summed E-state index contributed by atoms with van der Waals surface area (Å²) < 4.78 is 5.37. The summed E-state index contributed by atoms with van der Waals surface area (Å²) in [7, 11) is 1.82. The molecule has 2 rings (SSSR count). The maximum Gasteiger partial charge on any atom is 0.0713 e. The monoisotopic (exact) mass is 223 g/mol. The van der Waals surface area contributed by atoms with Crippen molar-refractivity contribution in [2.24, 2.45) is 0 Å². The fraction of sp³-hybridized carbons (Fsp3) is 1.00. The minimum atomic E-state index is 0. The predicted molar refractivity (Wildman–Crippen MR) is 60.0 cm³/mol. The van der Waals surface area contributed by atoms with Gasteiger partial charge < -0.3 is 10.1 Å². The highest BCUT2D eigenvalue weighted by Gasteiger charge is 2.39. The Hall–Kier alpha value is 0.560. The topological polar surface area (TPSA) is 21.3 Å². The van der Waals surface area contributed by atoms with E-state index in [0.717, 1.165) is 6.54 Å². The molecule has 2 aliphatic heterocycles. The Kier molecular flexibility index (Phi) is 4.36. The zero-order valence-corrected chi connectivity index (χ0v) is 9.68.